The molecule has 4 nitrogen and oxygen atoms in total. The Bertz CT molecular complexity index is 379. The first-order chi connectivity index (χ1) is 8.77. The Hall–Kier alpha value is -1.26. The number of rotatable bonds is 4. The first-order valence-electron chi connectivity index (χ1n) is 6.44. The molecular formula is C14H22N2O2. The number of hydrogen-bond donors (Lipinski definition) is 2. The van der Waals surface area contributed by atoms with E-state index in [1.54, 1.807) is 14.2 Å². The number of hydrogen-bond acceptors (Lipinski definition) is 4. The van der Waals surface area contributed by atoms with Gasteiger partial charge in [0.05, 0.1) is 25.3 Å². The Morgan fingerprint density at radius 2 is 1.89 bits per heavy atom. The molecule has 3 N–H and O–H groups in total. The summed E-state index contributed by atoms with van der Waals surface area (Å²) < 4.78 is 11.0. The summed E-state index contributed by atoms with van der Waals surface area (Å²) in [6.07, 6.45) is 3.38. The zero-order valence-corrected chi connectivity index (χ0v) is 11.2. The summed E-state index contributed by atoms with van der Waals surface area (Å²) in [5.74, 6) is 1.68. The standard InChI is InChI=1S/C14H22N2O2/c1-17-11-6-5-7-12(18-2)13(11)14(10-15)8-3-4-9-16-14/h5-7,16H,3-4,8-10,15H2,1-2H3. The number of piperidine rings is 1. The molecule has 1 aliphatic heterocycles. The lowest BCUT2D eigenvalue weighted by Crippen LogP contribution is -2.51. The highest BCUT2D eigenvalue weighted by atomic mass is 16.5. The van der Waals surface area contributed by atoms with Crippen molar-refractivity contribution in [3.05, 3.63) is 23.8 Å². The molecule has 1 saturated heterocycles. The molecule has 0 aliphatic carbocycles. The number of ether oxygens (including phenoxy) is 2. The van der Waals surface area contributed by atoms with Gasteiger partial charge in [-0.1, -0.05) is 6.07 Å². The van der Waals surface area contributed by atoms with Crippen LogP contribution in [-0.2, 0) is 5.54 Å². The molecule has 1 heterocycles. The van der Waals surface area contributed by atoms with Crippen molar-refractivity contribution in [1.29, 1.82) is 0 Å². The van der Waals surface area contributed by atoms with Crippen molar-refractivity contribution in [3.63, 3.8) is 0 Å². The van der Waals surface area contributed by atoms with E-state index in [0.717, 1.165) is 30.0 Å². The van der Waals surface area contributed by atoms with Crippen LogP contribution in [0.3, 0.4) is 0 Å². The summed E-state index contributed by atoms with van der Waals surface area (Å²) in [6, 6.07) is 5.87. The lowest BCUT2D eigenvalue weighted by Gasteiger charge is -2.39. The van der Waals surface area contributed by atoms with Crippen LogP contribution in [0.5, 0.6) is 11.5 Å². The highest BCUT2D eigenvalue weighted by molar-refractivity contribution is 5.50. The second-order valence-corrected chi connectivity index (χ2v) is 4.71. The molecule has 18 heavy (non-hydrogen) atoms. The quantitative estimate of drug-likeness (QED) is 0.853. The molecule has 1 aromatic carbocycles. The molecule has 0 saturated carbocycles. The highest BCUT2D eigenvalue weighted by Gasteiger charge is 2.37. The predicted molar refractivity (Wildman–Crippen MR) is 72.1 cm³/mol. The third-order valence-corrected chi connectivity index (χ3v) is 3.75. The minimum absolute atomic E-state index is 0.226. The van der Waals surface area contributed by atoms with E-state index in [-0.39, 0.29) is 5.54 Å². The number of nitrogens with one attached hydrogen (secondary N) is 1. The molecule has 2 rings (SSSR count). The third kappa shape index (κ3) is 2.18. The summed E-state index contributed by atoms with van der Waals surface area (Å²) in [5.41, 5.74) is 6.87. The van der Waals surface area contributed by atoms with E-state index in [4.69, 9.17) is 15.2 Å². The van der Waals surface area contributed by atoms with E-state index in [9.17, 15) is 0 Å². The average Bonchev–Trinajstić information content (AvgIpc) is 2.47. The lowest BCUT2D eigenvalue weighted by molar-refractivity contribution is 0.245. The maximum atomic E-state index is 6.04. The van der Waals surface area contributed by atoms with E-state index in [1.165, 1.54) is 12.8 Å². The molecule has 4 heteroatoms. The molecule has 1 unspecified atom stereocenters. The van der Waals surface area contributed by atoms with E-state index < -0.39 is 0 Å². The van der Waals surface area contributed by atoms with Gasteiger partial charge >= 0.3 is 0 Å². The molecule has 0 aromatic heterocycles. The van der Waals surface area contributed by atoms with Crippen LogP contribution in [0.15, 0.2) is 18.2 Å². The normalized spacial score (nSPS) is 23.7. The Morgan fingerprint density at radius 3 is 2.33 bits per heavy atom. The van der Waals surface area contributed by atoms with Gasteiger partial charge in [0, 0.05) is 6.54 Å². The van der Waals surface area contributed by atoms with Gasteiger partial charge in [0.15, 0.2) is 0 Å². The van der Waals surface area contributed by atoms with E-state index in [2.05, 4.69) is 5.32 Å². The van der Waals surface area contributed by atoms with Crippen LogP contribution in [0, 0.1) is 0 Å². The first kappa shape index (κ1) is 13.2. The fraction of sp³-hybridized carbons (Fsp3) is 0.571. The molecule has 1 aromatic rings. The van der Waals surface area contributed by atoms with Gasteiger partial charge in [-0.3, -0.25) is 0 Å². The molecule has 0 amide bonds. The molecule has 1 aliphatic rings. The van der Waals surface area contributed by atoms with Crippen LogP contribution >= 0.6 is 0 Å². The summed E-state index contributed by atoms with van der Waals surface area (Å²) in [5, 5.41) is 3.56. The fourth-order valence-corrected chi connectivity index (χ4v) is 2.78. The van der Waals surface area contributed by atoms with Gasteiger partial charge in [-0.15, -0.1) is 0 Å². The van der Waals surface area contributed by atoms with Gasteiger partial charge < -0.3 is 20.5 Å². The van der Waals surface area contributed by atoms with Gasteiger partial charge in [-0.25, -0.2) is 0 Å². The minimum Gasteiger partial charge on any atom is -0.496 e. The van der Waals surface area contributed by atoms with Crippen LogP contribution in [-0.4, -0.2) is 27.3 Å². The molecule has 100 valence electrons. The summed E-state index contributed by atoms with van der Waals surface area (Å²) in [7, 11) is 3.37. The van der Waals surface area contributed by atoms with Crippen LogP contribution in [0.1, 0.15) is 24.8 Å². The van der Waals surface area contributed by atoms with Crippen LogP contribution in [0.2, 0.25) is 0 Å². The summed E-state index contributed by atoms with van der Waals surface area (Å²) >= 11 is 0. The molecule has 0 bridgehead atoms. The maximum Gasteiger partial charge on any atom is 0.127 e. The molecule has 1 atom stereocenters. The number of nitrogens with two attached hydrogens (primary N) is 1. The van der Waals surface area contributed by atoms with Crippen molar-refractivity contribution in [3.8, 4) is 11.5 Å². The third-order valence-electron chi connectivity index (χ3n) is 3.75. The predicted octanol–water partition coefficient (Wildman–Crippen LogP) is 1.63. The van der Waals surface area contributed by atoms with Crippen molar-refractivity contribution >= 4 is 0 Å². The Morgan fingerprint density at radius 1 is 1.22 bits per heavy atom. The van der Waals surface area contributed by atoms with E-state index >= 15 is 0 Å². The molecule has 1 fully saturated rings. The zero-order chi connectivity index (χ0) is 13.0. The van der Waals surface area contributed by atoms with Crippen LogP contribution < -0.4 is 20.5 Å². The largest absolute Gasteiger partial charge is 0.496 e. The van der Waals surface area contributed by atoms with Crippen LogP contribution in [0.4, 0.5) is 0 Å². The second-order valence-electron chi connectivity index (χ2n) is 4.71. The lowest BCUT2D eigenvalue weighted by atomic mass is 9.81. The second kappa shape index (κ2) is 5.59. The van der Waals surface area contributed by atoms with Gasteiger partial charge in [0.2, 0.25) is 0 Å². The fourth-order valence-electron chi connectivity index (χ4n) is 2.78. The van der Waals surface area contributed by atoms with Gasteiger partial charge in [0.25, 0.3) is 0 Å². The van der Waals surface area contributed by atoms with Crippen LogP contribution in [0.25, 0.3) is 0 Å². The Labute approximate surface area is 108 Å². The molecule has 0 radical (unpaired) electrons. The van der Waals surface area contributed by atoms with E-state index in [0.29, 0.717) is 6.54 Å². The SMILES string of the molecule is COc1cccc(OC)c1C1(CN)CCCCN1. The number of benzene rings is 1. The monoisotopic (exact) mass is 250 g/mol. The zero-order valence-electron chi connectivity index (χ0n) is 11.2. The topological polar surface area (TPSA) is 56.5 Å². The highest BCUT2D eigenvalue weighted by Crippen LogP contribution is 2.41. The smallest absolute Gasteiger partial charge is 0.127 e. The molecule has 0 spiro atoms. The van der Waals surface area contributed by atoms with Crippen molar-refractivity contribution < 1.29 is 9.47 Å². The van der Waals surface area contributed by atoms with Crippen molar-refractivity contribution in [2.45, 2.75) is 24.8 Å². The minimum atomic E-state index is -0.226. The summed E-state index contributed by atoms with van der Waals surface area (Å²) in [6.45, 7) is 1.53. The first-order valence-corrected chi connectivity index (χ1v) is 6.44. The van der Waals surface area contributed by atoms with Gasteiger partial charge in [0.1, 0.15) is 11.5 Å². The molecular weight excluding hydrogens is 228 g/mol. The van der Waals surface area contributed by atoms with E-state index in [1.807, 2.05) is 18.2 Å². The van der Waals surface area contributed by atoms with Gasteiger partial charge in [-0.05, 0) is 37.9 Å². The van der Waals surface area contributed by atoms with Crippen molar-refractivity contribution in [2.75, 3.05) is 27.3 Å². The maximum absolute atomic E-state index is 6.04. The Kier molecular flexibility index (Phi) is 4.09. The Balaban J connectivity index is 2.52. The van der Waals surface area contributed by atoms with Crippen molar-refractivity contribution in [2.24, 2.45) is 5.73 Å². The summed E-state index contributed by atoms with van der Waals surface area (Å²) in [4.78, 5) is 0. The van der Waals surface area contributed by atoms with Gasteiger partial charge in [-0.2, -0.15) is 0 Å². The average molecular weight is 250 g/mol. The van der Waals surface area contributed by atoms with Crippen molar-refractivity contribution in [1.82, 2.24) is 5.32 Å². The number of methoxy groups -OCH3 is 2.